The monoisotopic (exact) mass is 313 g/mol. The van der Waals surface area contributed by atoms with Crippen LogP contribution in [0.15, 0.2) is 12.1 Å². The molecule has 1 aromatic heterocycles. The summed E-state index contributed by atoms with van der Waals surface area (Å²) in [4.78, 5) is 5.30. The van der Waals surface area contributed by atoms with Gasteiger partial charge in [0, 0.05) is 13.0 Å². The second-order valence-corrected chi connectivity index (χ2v) is 5.31. The molecule has 3 heterocycles. The Balaban J connectivity index is 1.94. The third-order valence-corrected chi connectivity index (χ3v) is 3.82. The zero-order valence-corrected chi connectivity index (χ0v) is 11.7. The summed E-state index contributed by atoms with van der Waals surface area (Å²) in [6, 6.07) is 3.88. The number of ether oxygens (including phenoxy) is 2. The summed E-state index contributed by atoms with van der Waals surface area (Å²) in [5, 5.41) is 9.14. The summed E-state index contributed by atoms with van der Waals surface area (Å²) in [7, 11) is 0. The molecule has 8 heteroatoms. The smallest absolute Gasteiger partial charge is 0.350 e. The normalized spacial score (nSPS) is 21.1. The summed E-state index contributed by atoms with van der Waals surface area (Å²) >= 11 is 0. The lowest BCUT2D eigenvalue weighted by Gasteiger charge is -2.39. The molecule has 0 saturated carbocycles. The van der Waals surface area contributed by atoms with Crippen molar-refractivity contribution in [3.63, 3.8) is 0 Å². The van der Waals surface area contributed by atoms with Crippen molar-refractivity contribution in [1.82, 2.24) is 4.98 Å². The highest BCUT2D eigenvalue weighted by molar-refractivity contribution is 5.55. The number of alkyl halides is 3. The first-order chi connectivity index (χ1) is 10.4. The Labute approximate surface area is 125 Å². The molecule has 22 heavy (non-hydrogen) atoms. The maximum absolute atomic E-state index is 12.9. The Bertz CT molecular complexity index is 606. The van der Waals surface area contributed by atoms with Gasteiger partial charge in [-0.2, -0.15) is 18.4 Å². The molecule has 0 aromatic carbocycles. The van der Waals surface area contributed by atoms with Crippen molar-refractivity contribution in [2.75, 3.05) is 31.2 Å². The van der Waals surface area contributed by atoms with Crippen LogP contribution < -0.4 is 4.90 Å². The Morgan fingerprint density at radius 1 is 1.27 bits per heavy atom. The van der Waals surface area contributed by atoms with E-state index in [1.165, 1.54) is 0 Å². The molecule has 2 aliphatic heterocycles. The van der Waals surface area contributed by atoms with Gasteiger partial charge >= 0.3 is 6.18 Å². The largest absolute Gasteiger partial charge is 0.433 e. The predicted octanol–water partition coefficient (Wildman–Crippen LogP) is 2.32. The number of nitrogens with zero attached hydrogens (tertiary/aromatic N) is 3. The van der Waals surface area contributed by atoms with E-state index >= 15 is 0 Å². The van der Waals surface area contributed by atoms with E-state index in [-0.39, 0.29) is 17.9 Å². The minimum absolute atomic E-state index is 0.0375. The Kier molecular flexibility index (Phi) is 3.70. The molecule has 0 unspecified atom stereocenters. The molecular formula is C14H14F3N3O2. The van der Waals surface area contributed by atoms with E-state index in [4.69, 9.17) is 14.7 Å². The second kappa shape index (κ2) is 5.41. The van der Waals surface area contributed by atoms with Gasteiger partial charge in [0.2, 0.25) is 0 Å². The van der Waals surface area contributed by atoms with Gasteiger partial charge in [-0.3, -0.25) is 0 Å². The van der Waals surface area contributed by atoms with Crippen molar-refractivity contribution in [2.24, 2.45) is 0 Å². The van der Waals surface area contributed by atoms with Crippen LogP contribution in [0, 0.1) is 11.3 Å². The molecule has 5 nitrogen and oxygen atoms in total. The van der Waals surface area contributed by atoms with Crippen LogP contribution >= 0.6 is 0 Å². The zero-order chi connectivity index (χ0) is 15.8. The molecule has 3 rings (SSSR count). The number of piperidine rings is 1. The van der Waals surface area contributed by atoms with Gasteiger partial charge in [0.1, 0.15) is 17.6 Å². The van der Waals surface area contributed by atoms with Crippen molar-refractivity contribution in [3.8, 4) is 6.07 Å². The number of rotatable bonds is 1. The fourth-order valence-electron chi connectivity index (χ4n) is 2.84. The van der Waals surface area contributed by atoms with E-state index in [9.17, 15) is 13.2 Å². The van der Waals surface area contributed by atoms with E-state index in [1.807, 2.05) is 6.07 Å². The number of halogens is 3. The first-order valence-corrected chi connectivity index (χ1v) is 6.95. The van der Waals surface area contributed by atoms with Crippen molar-refractivity contribution in [2.45, 2.75) is 24.8 Å². The molecule has 0 radical (unpaired) electrons. The highest BCUT2D eigenvalue weighted by Crippen LogP contribution is 2.35. The molecule has 0 amide bonds. The van der Waals surface area contributed by atoms with Crippen LogP contribution in [0.4, 0.5) is 19.0 Å². The molecule has 2 saturated heterocycles. The lowest BCUT2D eigenvalue weighted by Crippen LogP contribution is -2.49. The van der Waals surface area contributed by atoms with Gasteiger partial charge in [-0.1, -0.05) is 0 Å². The fourth-order valence-corrected chi connectivity index (χ4v) is 2.84. The van der Waals surface area contributed by atoms with E-state index in [1.54, 1.807) is 4.90 Å². The number of aromatic nitrogens is 1. The number of hydrogen-bond donors (Lipinski definition) is 0. The highest BCUT2D eigenvalue weighted by atomic mass is 19.4. The lowest BCUT2D eigenvalue weighted by atomic mass is 10.0. The molecule has 1 aromatic rings. The fraction of sp³-hybridized carbons (Fsp3) is 0.571. The summed E-state index contributed by atoms with van der Waals surface area (Å²) in [6.07, 6.45) is -3.16. The Morgan fingerprint density at radius 3 is 2.64 bits per heavy atom. The average molecular weight is 313 g/mol. The minimum Gasteiger partial charge on any atom is -0.350 e. The van der Waals surface area contributed by atoms with Crippen molar-refractivity contribution in [3.05, 3.63) is 23.4 Å². The van der Waals surface area contributed by atoms with Crippen LogP contribution in [0.1, 0.15) is 24.1 Å². The second-order valence-electron chi connectivity index (χ2n) is 5.31. The standard InChI is InChI=1S/C14H14F3N3O2/c15-14(16,17)11-3-2-10(8-18)12(19-11)20-5-1-4-13(9-20)21-6-7-22-13/h2-3H,1,4-7,9H2. The third-order valence-electron chi connectivity index (χ3n) is 3.82. The molecule has 0 atom stereocenters. The minimum atomic E-state index is -4.55. The molecule has 118 valence electrons. The van der Waals surface area contributed by atoms with Crippen LogP contribution in [-0.4, -0.2) is 37.1 Å². The number of nitriles is 1. The van der Waals surface area contributed by atoms with Crippen molar-refractivity contribution < 1.29 is 22.6 Å². The number of anilines is 1. The predicted molar refractivity (Wildman–Crippen MR) is 70.0 cm³/mol. The van der Waals surface area contributed by atoms with Crippen molar-refractivity contribution >= 4 is 5.82 Å². The summed E-state index contributed by atoms with van der Waals surface area (Å²) < 4.78 is 49.8. The maximum Gasteiger partial charge on any atom is 0.433 e. The third kappa shape index (κ3) is 2.74. The first-order valence-electron chi connectivity index (χ1n) is 6.95. The van der Waals surface area contributed by atoms with Gasteiger partial charge in [-0.15, -0.1) is 0 Å². The summed E-state index contributed by atoms with van der Waals surface area (Å²) in [6.45, 7) is 1.72. The van der Waals surface area contributed by atoms with Gasteiger partial charge in [0.05, 0.1) is 25.3 Å². The molecule has 2 aliphatic rings. The van der Waals surface area contributed by atoms with E-state index in [2.05, 4.69) is 4.98 Å². The number of pyridine rings is 1. The Morgan fingerprint density at radius 2 is 2.00 bits per heavy atom. The molecule has 2 fully saturated rings. The molecule has 0 bridgehead atoms. The molecule has 0 N–H and O–H groups in total. The van der Waals surface area contributed by atoms with Gasteiger partial charge in [-0.05, 0) is 18.6 Å². The van der Waals surface area contributed by atoms with Gasteiger partial charge < -0.3 is 14.4 Å². The summed E-state index contributed by atoms with van der Waals surface area (Å²) in [5.41, 5.74) is -0.891. The quantitative estimate of drug-likeness (QED) is 0.796. The van der Waals surface area contributed by atoms with Crippen molar-refractivity contribution in [1.29, 1.82) is 5.26 Å². The van der Waals surface area contributed by atoms with E-state index < -0.39 is 17.7 Å². The van der Waals surface area contributed by atoms with E-state index in [0.29, 0.717) is 32.6 Å². The maximum atomic E-state index is 12.9. The Hall–Kier alpha value is -1.85. The van der Waals surface area contributed by atoms with Crippen LogP contribution in [0.5, 0.6) is 0 Å². The van der Waals surface area contributed by atoms with Crippen LogP contribution in [-0.2, 0) is 15.7 Å². The van der Waals surface area contributed by atoms with Crippen LogP contribution in [0.2, 0.25) is 0 Å². The molecular weight excluding hydrogens is 299 g/mol. The van der Waals surface area contributed by atoms with Gasteiger partial charge in [0.25, 0.3) is 0 Å². The van der Waals surface area contributed by atoms with Crippen LogP contribution in [0.25, 0.3) is 0 Å². The molecule has 0 aliphatic carbocycles. The summed E-state index contributed by atoms with van der Waals surface area (Å²) in [5.74, 6) is -0.753. The average Bonchev–Trinajstić information content (AvgIpc) is 2.93. The van der Waals surface area contributed by atoms with Gasteiger partial charge in [-0.25, -0.2) is 4.98 Å². The van der Waals surface area contributed by atoms with Gasteiger partial charge in [0.15, 0.2) is 5.79 Å². The van der Waals surface area contributed by atoms with Crippen LogP contribution in [0.3, 0.4) is 0 Å². The number of hydrogen-bond acceptors (Lipinski definition) is 5. The zero-order valence-electron chi connectivity index (χ0n) is 11.7. The van der Waals surface area contributed by atoms with E-state index in [0.717, 1.165) is 12.1 Å². The first kappa shape index (κ1) is 15.1. The lowest BCUT2D eigenvalue weighted by molar-refractivity contribution is -0.161. The highest BCUT2D eigenvalue weighted by Gasteiger charge is 2.42. The molecule has 1 spiro atoms. The SMILES string of the molecule is N#Cc1ccc(C(F)(F)F)nc1N1CCCC2(C1)OCCO2. The topological polar surface area (TPSA) is 58.4 Å².